The first-order valence-corrected chi connectivity index (χ1v) is 4.31. The molecule has 0 aliphatic carbocycles. The van der Waals surface area contributed by atoms with Crippen LogP contribution in [-0.4, -0.2) is 55.1 Å². The highest BCUT2D eigenvalue weighted by atomic mass is 16.6. The van der Waals surface area contributed by atoms with Gasteiger partial charge in [0.2, 0.25) is 0 Å². The van der Waals surface area contributed by atoms with Crippen molar-refractivity contribution in [3.05, 3.63) is 0 Å². The number of carbonyl (C=O) groups excluding carboxylic acids is 1. The Kier molecular flexibility index (Phi) is 2.34. The van der Waals surface area contributed by atoms with Crippen molar-refractivity contribution in [2.45, 2.75) is 6.17 Å². The molecule has 1 amide bonds. The highest BCUT2D eigenvalue weighted by Crippen LogP contribution is 2.13. The van der Waals surface area contributed by atoms with Crippen LogP contribution >= 0.6 is 0 Å². The first-order chi connectivity index (χ1) is 6.29. The molecular formula is C7H13N3O3. The van der Waals surface area contributed by atoms with Crippen molar-refractivity contribution in [2.75, 3.05) is 32.9 Å². The molecular weight excluding hydrogens is 174 g/mol. The summed E-state index contributed by atoms with van der Waals surface area (Å²) in [5, 5.41) is 1.14. The second-order valence-corrected chi connectivity index (χ2v) is 3.11. The summed E-state index contributed by atoms with van der Waals surface area (Å²) >= 11 is 0. The molecule has 0 aromatic rings. The lowest BCUT2D eigenvalue weighted by Gasteiger charge is -2.32. The Labute approximate surface area is 76.1 Å². The SMILES string of the molecule is NN1C(=O)OCC1N1CCOCC1. The summed E-state index contributed by atoms with van der Waals surface area (Å²) in [6, 6.07) is 0. The van der Waals surface area contributed by atoms with Crippen LogP contribution in [0, 0.1) is 0 Å². The molecule has 13 heavy (non-hydrogen) atoms. The van der Waals surface area contributed by atoms with Crippen molar-refractivity contribution in [3.63, 3.8) is 0 Å². The van der Waals surface area contributed by atoms with Gasteiger partial charge in [-0.3, -0.25) is 4.90 Å². The maximum atomic E-state index is 10.9. The van der Waals surface area contributed by atoms with E-state index < -0.39 is 6.09 Å². The molecule has 2 N–H and O–H groups in total. The van der Waals surface area contributed by atoms with Crippen LogP contribution in [0.25, 0.3) is 0 Å². The third-order valence-corrected chi connectivity index (χ3v) is 2.35. The second-order valence-electron chi connectivity index (χ2n) is 3.11. The van der Waals surface area contributed by atoms with Crippen LogP contribution in [0.15, 0.2) is 0 Å². The lowest BCUT2D eigenvalue weighted by atomic mass is 10.3. The molecule has 0 radical (unpaired) electrons. The third kappa shape index (κ3) is 1.60. The van der Waals surface area contributed by atoms with Gasteiger partial charge in [0.05, 0.1) is 13.2 Å². The van der Waals surface area contributed by atoms with E-state index in [4.69, 9.17) is 15.3 Å². The monoisotopic (exact) mass is 187 g/mol. The standard InChI is InChI=1S/C7H13N3O3/c8-10-6(5-13-7(10)11)9-1-3-12-4-2-9/h6H,1-5,8H2. The molecule has 0 aromatic heterocycles. The summed E-state index contributed by atoms with van der Waals surface area (Å²) < 4.78 is 10.0. The minimum absolute atomic E-state index is 0.114. The molecule has 2 aliphatic heterocycles. The van der Waals surface area contributed by atoms with Crippen LogP contribution in [0.5, 0.6) is 0 Å². The summed E-state index contributed by atoms with van der Waals surface area (Å²) in [4.78, 5) is 13.0. The van der Waals surface area contributed by atoms with Crippen LogP contribution in [0.4, 0.5) is 4.79 Å². The predicted molar refractivity (Wildman–Crippen MR) is 43.6 cm³/mol. The first kappa shape index (κ1) is 8.74. The number of morpholine rings is 1. The van der Waals surface area contributed by atoms with Crippen LogP contribution in [0.1, 0.15) is 0 Å². The number of amides is 1. The number of nitrogens with two attached hydrogens (primary N) is 1. The summed E-state index contributed by atoms with van der Waals surface area (Å²) in [6.45, 7) is 3.34. The molecule has 0 saturated carbocycles. The lowest BCUT2D eigenvalue weighted by molar-refractivity contribution is -0.0120. The maximum absolute atomic E-state index is 10.9. The third-order valence-electron chi connectivity index (χ3n) is 2.35. The van der Waals surface area contributed by atoms with Gasteiger partial charge < -0.3 is 9.47 Å². The van der Waals surface area contributed by atoms with Gasteiger partial charge in [0, 0.05) is 13.1 Å². The summed E-state index contributed by atoms with van der Waals surface area (Å²) in [5.41, 5.74) is 0. The van der Waals surface area contributed by atoms with Gasteiger partial charge in [-0.15, -0.1) is 0 Å². The molecule has 1 atom stereocenters. The Morgan fingerprint density at radius 1 is 1.38 bits per heavy atom. The summed E-state index contributed by atoms with van der Waals surface area (Å²) in [5.74, 6) is 5.53. The van der Waals surface area contributed by atoms with Gasteiger partial charge in [-0.1, -0.05) is 0 Å². The number of hydrogen-bond donors (Lipinski definition) is 1. The highest BCUT2D eigenvalue weighted by molar-refractivity contribution is 5.69. The molecule has 6 nitrogen and oxygen atoms in total. The zero-order valence-corrected chi connectivity index (χ0v) is 7.31. The number of carbonyl (C=O) groups is 1. The smallest absolute Gasteiger partial charge is 0.425 e. The zero-order chi connectivity index (χ0) is 9.26. The van der Waals surface area contributed by atoms with Crippen molar-refractivity contribution < 1.29 is 14.3 Å². The Balaban J connectivity index is 1.95. The lowest BCUT2D eigenvalue weighted by Crippen LogP contribution is -2.53. The minimum atomic E-state index is -0.448. The molecule has 2 heterocycles. The number of nitrogens with zero attached hydrogens (tertiary/aromatic N) is 2. The van der Waals surface area contributed by atoms with E-state index in [1.165, 1.54) is 0 Å². The van der Waals surface area contributed by atoms with Crippen LogP contribution in [0.2, 0.25) is 0 Å². The van der Waals surface area contributed by atoms with Crippen molar-refractivity contribution in [3.8, 4) is 0 Å². The molecule has 2 saturated heterocycles. The van der Waals surface area contributed by atoms with Gasteiger partial charge in [-0.2, -0.15) is 0 Å². The summed E-state index contributed by atoms with van der Waals surface area (Å²) in [7, 11) is 0. The topological polar surface area (TPSA) is 68.0 Å². The van der Waals surface area contributed by atoms with Crippen LogP contribution in [0.3, 0.4) is 0 Å². The van der Waals surface area contributed by atoms with Gasteiger partial charge in [0.1, 0.15) is 12.8 Å². The van der Waals surface area contributed by atoms with Gasteiger partial charge in [0.15, 0.2) is 0 Å². The fourth-order valence-corrected chi connectivity index (χ4v) is 1.58. The van der Waals surface area contributed by atoms with E-state index in [1.54, 1.807) is 0 Å². The zero-order valence-electron chi connectivity index (χ0n) is 7.31. The number of hydrazine groups is 1. The second kappa shape index (κ2) is 3.49. The van der Waals surface area contributed by atoms with E-state index in [0.29, 0.717) is 19.8 Å². The highest BCUT2D eigenvalue weighted by Gasteiger charge is 2.35. The van der Waals surface area contributed by atoms with Gasteiger partial charge >= 0.3 is 6.09 Å². The molecule has 1 unspecified atom stereocenters. The Morgan fingerprint density at radius 2 is 2.08 bits per heavy atom. The van der Waals surface area contributed by atoms with Crippen molar-refractivity contribution in [2.24, 2.45) is 5.84 Å². The minimum Gasteiger partial charge on any atom is -0.445 e. The van der Waals surface area contributed by atoms with Gasteiger partial charge in [0.25, 0.3) is 0 Å². The van der Waals surface area contributed by atoms with Crippen LogP contribution in [-0.2, 0) is 9.47 Å². The van der Waals surface area contributed by atoms with E-state index in [1.807, 2.05) is 0 Å². The van der Waals surface area contributed by atoms with Crippen molar-refractivity contribution >= 4 is 6.09 Å². The van der Waals surface area contributed by atoms with Crippen molar-refractivity contribution in [1.82, 2.24) is 9.91 Å². The Hall–Kier alpha value is -0.850. The van der Waals surface area contributed by atoms with Crippen LogP contribution < -0.4 is 5.84 Å². The fraction of sp³-hybridized carbons (Fsp3) is 0.857. The van der Waals surface area contributed by atoms with Gasteiger partial charge in [-0.25, -0.2) is 15.6 Å². The Bertz CT molecular complexity index is 205. The van der Waals surface area contributed by atoms with E-state index in [-0.39, 0.29) is 6.17 Å². The fourth-order valence-electron chi connectivity index (χ4n) is 1.58. The predicted octanol–water partition coefficient (Wildman–Crippen LogP) is -1.03. The molecule has 2 fully saturated rings. The van der Waals surface area contributed by atoms with E-state index >= 15 is 0 Å². The summed E-state index contributed by atoms with van der Waals surface area (Å²) in [6.07, 6.45) is -0.562. The maximum Gasteiger partial charge on any atom is 0.425 e. The van der Waals surface area contributed by atoms with Crippen molar-refractivity contribution in [1.29, 1.82) is 0 Å². The molecule has 74 valence electrons. The normalized spacial score (nSPS) is 30.7. The first-order valence-electron chi connectivity index (χ1n) is 4.31. The molecule has 0 aromatic carbocycles. The van der Waals surface area contributed by atoms with E-state index in [0.717, 1.165) is 18.1 Å². The number of hydrogen-bond acceptors (Lipinski definition) is 5. The molecule has 2 rings (SSSR count). The van der Waals surface area contributed by atoms with Gasteiger partial charge in [-0.05, 0) is 0 Å². The molecule has 0 bridgehead atoms. The molecule has 2 aliphatic rings. The number of ether oxygens (including phenoxy) is 2. The average molecular weight is 187 g/mol. The quantitative estimate of drug-likeness (QED) is 0.420. The average Bonchev–Trinajstić information content (AvgIpc) is 2.49. The molecule has 6 heteroatoms. The largest absolute Gasteiger partial charge is 0.445 e. The van der Waals surface area contributed by atoms with E-state index in [9.17, 15) is 4.79 Å². The van der Waals surface area contributed by atoms with E-state index in [2.05, 4.69) is 4.90 Å². The Morgan fingerprint density at radius 3 is 2.62 bits per heavy atom. The molecule has 0 spiro atoms. The number of rotatable bonds is 1. The number of cyclic esters (lactones) is 1.